The highest BCUT2D eigenvalue weighted by atomic mass is 35.5. The predicted molar refractivity (Wildman–Crippen MR) is 79.7 cm³/mol. The molecule has 0 saturated heterocycles. The third-order valence-electron chi connectivity index (χ3n) is 2.79. The first-order chi connectivity index (χ1) is 8.28. The normalized spacial score (nSPS) is 13.8. The van der Waals surface area contributed by atoms with Gasteiger partial charge >= 0.3 is 0 Å². The number of rotatable bonds is 6. The van der Waals surface area contributed by atoms with E-state index < -0.39 is 0 Å². The number of carbonyl (C=O) groups is 1. The highest BCUT2D eigenvalue weighted by molar-refractivity contribution is 7.98. The lowest BCUT2D eigenvalue weighted by molar-refractivity contribution is -0.115. The summed E-state index contributed by atoms with van der Waals surface area (Å²) in [5.74, 6) is 0.839. The molecule has 1 aromatic rings. The number of thioether (sulfide) groups is 1. The molecule has 2 N–H and O–H groups in total. The van der Waals surface area contributed by atoms with Crippen LogP contribution in [-0.4, -0.2) is 25.3 Å². The molecule has 1 saturated carbocycles. The summed E-state index contributed by atoms with van der Waals surface area (Å²) in [6.07, 6.45) is 4.66. The lowest BCUT2D eigenvalue weighted by atomic mass is 10.3. The molecule has 1 aliphatic carbocycles. The molecule has 1 amide bonds. The zero-order valence-electron chi connectivity index (χ0n) is 10.4. The number of halogens is 1. The Kier molecular flexibility index (Phi) is 6.54. The molecule has 3 nitrogen and oxygen atoms in total. The van der Waals surface area contributed by atoms with Gasteiger partial charge in [0.15, 0.2) is 0 Å². The SMILES string of the molecule is CSc1ccc(NC(=O)CNCC2CC2)cc1.Cl. The van der Waals surface area contributed by atoms with Crippen LogP contribution in [-0.2, 0) is 4.79 Å². The molecule has 1 aromatic carbocycles. The largest absolute Gasteiger partial charge is 0.325 e. The Morgan fingerprint density at radius 2 is 2.00 bits per heavy atom. The second-order valence-corrected chi connectivity index (χ2v) is 5.23. The number of nitrogens with one attached hydrogen (secondary N) is 2. The molecular weight excluding hydrogens is 268 g/mol. The molecule has 0 spiro atoms. The van der Waals surface area contributed by atoms with E-state index in [2.05, 4.69) is 10.6 Å². The van der Waals surface area contributed by atoms with Crippen LogP contribution in [0.25, 0.3) is 0 Å². The van der Waals surface area contributed by atoms with Gasteiger partial charge in [-0.25, -0.2) is 0 Å². The number of benzene rings is 1. The van der Waals surface area contributed by atoms with Gasteiger partial charge in [0.2, 0.25) is 5.91 Å². The summed E-state index contributed by atoms with van der Waals surface area (Å²) in [6.45, 7) is 1.37. The van der Waals surface area contributed by atoms with Gasteiger partial charge in [-0.15, -0.1) is 24.2 Å². The van der Waals surface area contributed by atoms with Gasteiger partial charge in [-0.2, -0.15) is 0 Å². The van der Waals surface area contributed by atoms with Crippen LogP contribution in [0.15, 0.2) is 29.2 Å². The van der Waals surface area contributed by atoms with Crippen LogP contribution in [0.1, 0.15) is 12.8 Å². The number of anilines is 1. The summed E-state index contributed by atoms with van der Waals surface area (Å²) in [6, 6.07) is 7.89. The first-order valence-electron chi connectivity index (χ1n) is 5.92. The first kappa shape index (κ1) is 15.3. The molecular formula is C13H19ClN2OS. The standard InChI is InChI=1S/C13H18N2OS.ClH/c1-17-12-6-4-11(5-7-12)15-13(16)9-14-8-10-2-3-10;/h4-7,10,14H,2-3,8-9H2,1H3,(H,15,16);1H. The van der Waals surface area contributed by atoms with Crippen molar-refractivity contribution in [3.05, 3.63) is 24.3 Å². The molecule has 5 heteroatoms. The fourth-order valence-electron chi connectivity index (χ4n) is 1.59. The van der Waals surface area contributed by atoms with Gasteiger partial charge in [0.25, 0.3) is 0 Å². The second-order valence-electron chi connectivity index (χ2n) is 4.35. The fourth-order valence-corrected chi connectivity index (χ4v) is 2.00. The van der Waals surface area contributed by atoms with Gasteiger partial charge in [-0.3, -0.25) is 4.79 Å². The van der Waals surface area contributed by atoms with Crippen molar-refractivity contribution in [1.82, 2.24) is 5.32 Å². The monoisotopic (exact) mass is 286 g/mol. The van der Waals surface area contributed by atoms with E-state index in [-0.39, 0.29) is 18.3 Å². The van der Waals surface area contributed by atoms with Gasteiger partial charge < -0.3 is 10.6 Å². The molecule has 0 heterocycles. The maximum Gasteiger partial charge on any atom is 0.238 e. The fraction of sp³-hybridized carbons (Fsp3) is 0.462. The minimum absolute atomic E-state index is 0. The van der Waals surface area contributed by atoms with E-state index in [1.807, 2.05) is 30.5 Å². The Morgan fingerprint density at radius 3 is 2.56 bits per heavy atom. The van der Waals surface area contributed by atoms with Crippen molar-refractivity contribution < 1.29 is 4.79 Å². The van der Waals surface area contributed by atoms with Crippen molar-refractivity contribution >= 4 is 35.8 Å². The first-order valence-corrected chi connectivity index (χ1v) is 7.15. The Bertz CT molecular complexity index is 379. The maximum atomic E-state index is 11.6. The van der Waals surface area contributed by atoms with Crippen LogP contribution in [0.5, 0.6) is 0 Å². The summed E-state index contributed by atoms with van der Waals surface area (Å²) < 4.78 is 0. The van der Waals surface area contributed by atoms with E-state index >= 15 is 0 Å². The Morgan fingerprint density at radius 1 is 1.33 bits per heavy atom. The van der Waals surface area contributed by atoms with Crippen LogP contribution < -0.4 is 10.6 Å². The molecule has 2 rings (SSSR count). The zero-order valence-corrected chi connectivity index (χ0v) is 12.1. The van der Waals surface area contributed by atoms with Crippen molar-refractivity contribution in [1.29, 1.82) is 0 Å². The van der Waals surface area contributed by atoms with E-state index in [0.29, 0.717) is 6.54 Å². The van der Waals surface area contributed by atoms with E-state index in [4.69, 9.17) is 0 Å². The Hall–Kier alpha value is -0.710. The molecule has 18 heavy (non-hydrogen) atoms. The van der Waals surface area contributed by atoms with Crippen molar-refractivity contribution in [2.45, 2.75) is 17.7 Å². The van der Waals surface area contributed by atoms with Crippen molar-refractivity contribution in [3.63, 3.8) is 0 Å². The third kappa shape index (κ3) is 5.29. The topological polar surface area (TPSA) is 41.1 Å². The minimum atomic E-state index is 0. The number of hydrogen-bond acceptors (Lipinski definition) is 3. The Labute approximate surface area is 119 Å². The summed E-state index contributed by atoms with van der Waals surface area (Å²) in [5, 5.41) is 6.05. The van der Waals surface area contributed by atoms with Gasteiger partial charge in [0, 0.05) is 10.6 Å². The predicted octanol–water partition coefficient (Wildman–Crippen LogP) is 2.77. The maximum absolute atomic E-state index is 11.6. The Balaban J connectivity index is 0.00000162. The molecule has 1 fully saturated rings. The third-order valence-corrected chi connectivity index (χ3v) is 3.53. The quantitative estimate of drug-likeness (QED) is 0.790. The smallest absolute Gasteiger partial charge is 0.238 e. The van der Waals surface area contributed by atoms with E-state index in [1.54, 1.807) is 11.8 Å². The van der Waals surface area contributed by atoms with E-state index in [9.17, 15) is 4.79 Å². The lowest BCUT2D eigenvalue weighted by Gasteiger charge is -2.06. The molecule has 0 atom stereocenters. The molecule has 0 aromatic heterocycles. The van der Waals surface area contributed by atoms with E-state index in [0.717, 1.165) is 18.2 Å². The number of hydrogen-bond donors (Lipinski definition) is 2. The van der Waals surface area contributed by atoms with Crippen LogP contribution in [0.2, 0.25) is 0 Å². The summed E-state index contributed by atoms with van der Waals surface area (Å²) in [5.41, 5.74) is 0.862. The molecule has 0 unspecified atom stereocenters. The van der Waals surface area contributed by atoms with Crippen LogP contribution >= 0.6 is 24.2 Å². The summed E-state index contributed by atoms with van der Waals surface area (Å²) >= 11 is 1.70. The molecule has 1 aliphatic rings. The molecule has 0 bridgehead atoms. The zero-order chi connectivity index (χ0) is 12.1. The number of carbonyl (C=O) groups excluding carboxylic acids is 1. The van der Waals surface area contributed by atoms with Gasteiger partial charge in [0.05, 0.1) is 6.54 Å². The van der Waals surface area contributed by atoms with Gasteiger partial charge in [-0.05, 0) is 55.8 Å². The molecule has 0 radical (unpaired) electrons. The summed E-state index contributed by atoms with van der Waals surface area (Å²) in [4.78, 5) is 12.8. The number of amides is 1. The lowest BCUT2D eigenvalue weighted by Crippen LogP contribution is -2.29. The van der Waals surface area contributed by atoms with Crippen LogP contribution in [0.4, 0.5) is 5.69 Å². The highest BCUT2D eigenvalue weighted by Crippen LogP contribution is 2.27. The van der Waals surface area contributed by atoms with Crippen LogP contribution in [0, 0.1) is 5.92 Å². The van der Waals surface area contributed by atoms with E-state index in [1.165, 1.54) is 17.7 Å². The van der Waals surface area contributed by atoms with Crippen molar-refractivity contribution in [3.8, 4) is 0 Å². The van der Waals surface area contributed by atoms with Crippen molar-refractivity contribution in [2.24, 2.45) is 5.92 Å². The van der Waals surface area contributed by atoms with Crippen molar-refractivity contribution in [2.75, 3.05) is 24.7 Å². The summed E-state index contributed by atoms with van der Waals surface area (Å²) in [7, 11) is 0. The minimum Gasteiger partial charge on any atom is -0.325 e. The average molecular weight is 287 g/mol. The highest BCUT2D eigenvalue weighted by Gasteiger charge is 2.20. The van der Waals surface area contributed by atoms with Crippen LogP contribution in [0.3, 0.4) is 0 Å². The average Bonchev–Trinajstić information content (AvgIpc) is 3.14. The molecule has 100 valence electrons. The van der Waals surface area contributed by atoms with Gasteiger partial charge in [0.1, 0.15) is 0 Å². The molecule has 0 aliphatic heterocycles. The van der Waals surface area contributed by atoms with Gasteiger partial charge in [-0.1, -0.05) is 0 Å². The second kappa shape index (κ2) is 7.67.